The van der Waals surface area contributed by atoms with Gasteiger partial charge in [-0.15, -0.1) is 0 Å². The summed E-state index contributed by atoms with van der Waals surface area (Å²) in [5.74, 6) is 1.79. The second-order valence-electron chi connectivity index (χ2n) is 6.81. The molecule has 4 nitrogen and oxygen atoms in total. The molecule has 0 radical (unpaired) electrons. The number of hydrogen-bond donors (Lipinski definition) is 0. The zero-order valence-electron chi connectivity index (χ0n) is 16.4. The molecule has 2 heterocycles. The molecule has 0 fully saturated rings. The minimum atomic E-state index is -0.0880. The van der Waals surface area contributed by atoms with E-state index in [1.54, 1.807) is 18.2 Å². The van der Waals surface area contributed by atoms with Gasteiger partial charge in [0.1, 0.15) is 23.9 Å². The van der Waals surface area contributed by atoms with E-state index in [9.17, 15) is 4.79 Å². The molecule has 0 spiro atoms. The first-order valence-electron chi connectivity index (χ1n) is 9.52. The van der Waals surface area contributed by atoms with Crippen LogP contribution in [-0.2, 0) is 6.61 Å². The van der Waals surface area contributed by atoms with Gasteiger partial charge in [-0.25, -0.2) is 0 Å². The topological polar surface area (TPSA) is 44.4 Å². The van der Waals surface area contributed by atoms with Crippen LogP contribution >= 0.6 is 11.6 Å². The summed E-state index contributed by atoms with van der Waals surface area (Å²) >= 11 is 6.18. The van der Waals surface area contributed by atoms with Gasteiger partial charge in [-0.3, -0.25) is 4.79 Å². The highest BCUT2D eigenvalue weighted by atomic mass is 35.5. The standard InChI is InChI=1S/C25H20ClNO3/c1-18-5-4-6-23(26)25(18)29-17-22-12-11-21(30-22)13-14-24(28)19-7-9-20(10-8-19)27-15-2-3-16-27/h2-16H,17H2,1H3/b14-13+. The molecule has 5 heteroatoms. The van der Waals surface area contributed by atoms with Crippen molar-refractivity contribution < 1.29 is 13.9 Å². The number of hydrogen-bond acceptors (Lipinski definition) is 3. The molecule has 2 aromatic carbocycles. The molecular formula is C25H20ClNO3. The molecule has 0 aliphatic heterocycles. The average Bonchev–Trinajstić information content (AvgIpc) is 3.44. The molecule has 4 aromatic rings. The number of allylic oxidation sites excluding steroid dienone is 1. The fourth-order valence-electron chi connectivity index (χ4n) is 3.06. The van der Waals surface area contributed by atoms with Crippen LogP contribution in [0.3, 0.4) is 0 Å². The Morgan fingerprint density at radius 3 is 2.53 bits per heavy atom. The zero-order valence-corrected chi connectivity index (χ0v) is 17.2. The van der Waals surface area contributed by atoms with Crippen LogP contribution in [-0.4, -0.2) is 10.4 Å². The molecule has 150 valence electrons. The third-order valence-corrected chi connectivity index (χ3v) is 4.96. The van der Waals surface area contributed by atoms with Gasteiger partial charge in [0, 0.05) is 23.6 Å². The molecule has 0 aliphatic rings. The molecule has 30 heavy (non-hydrogen) atoms. The lowest BCUT2D eigenvalue weighted by atomic mass is 10.1. The summed E-state index contributed by atoms with van der Waals surface area (Å²) in [5, 5.41) is 0.565. The number of ketones is 1. The lowest BCUT2D eigenvalue weighted by molar-refractivity contribution is 0.104. The summed E-state index contributed by atoms with van der Waals surface area (Å²) in [4.78, 5) is 12.4. The van der Waals surface area contributed by atoms with E-state index in [-0.39, 0.29) is 12.4 Å². The fourth-order valence-corrected chi connectivity index (χ4v) is 3.34. The number of carbonyl (C=O) groups is 1. The lowest BCUT2D eigenvalue weighted by Gasteiger charge is -2.09. The second kappa shape index (κ2) is 8.89. The van der Waals surface area contributed by atoms with E-state index >= 15 is 0 Å². The number of para-hydroxylation sites is 1. The van der Waals surface area contributed by atoms with Gasteiger partial charge in [0.2, 0.25) is 0 Å². The minimum Gasteiger partial charge on any atom is -0.484 e. The lowest BCUT2D eigenvalue weighted by Crippen LogP contribution is -1.96. The Morgan fingerprint density at radius 2 is 1.80 bits per heavy atom. The summed E-state index contributed by atoms with van der Waals surface area (Å²) in [6, 6.07) is 20.6. The van der Waals surface area contributed by atoms with Crippen LogP contribution in [0.2, 0.25) is 5.02 Å². The van der Waals surface area contributed by atoms with Gasteiger partial charge in [-0.1, -0.05) is 23.7 Å². The number of aromatic nitrogens is 1. The molecular weight excluding hydrogens is 398 g/mol. The summed E-state index contributed by atoms with van der Waals surface area (Å²) in [7, 11) is 0. The van der Waals surface area contributed by atoms with Crippen molar-refractivity contribution in [1.82, 2.24) is 4.57 Å². The van der Waals surface area contributed by atoms with Gasteiger partial charge in [-0.2, -0.15) is 0 Å². The van der Waals surface area contributed by atoms with Crippen molar-refractivity contribution in [3.05, 3.63) is 113 Å². The van der Waals surface area contributed by atoms with Crippen LogP contribution in [0.5, 0.6) is 5.75 Å². The van der Waals surface area contributed by atoms with E-state index < -0.39 is 0 Å². The molecule has 0 saturated heterocycles. The van der Waals surface area contributed by atoms with Crippen molar-refractivity contribution in [3.8, 4) is 11.4 Å². The fraction of sp³-hybridized carbons (Fsp3) is 0.0800. The van der Waals surface area contributed by atoms with E-state index in [1.807, 2.05) is 78.5 Å². The van der Waals surface area contributed by atoms with Crippen LogP contribution in [0.4, 0.5) is 0 Å². The Morgan fingerprint density at radius 1 is 1.03 bits per heavy atom. The molecule has 4 rings (SSSR count). The van der Waals surface area contributed by atoms with Gasteiger partial charge in [-0.05, 0) is 79.2 Å². The smallest absolute Gasteiger partial charge is 0.185 e. The maximum absolute atomic E-state index is 12.4. The van der Waals surface area contributed by atoms with Crippen LogP contribution in [0.15, 0.2) is 89.6 Å². The monoisotopic (exact) mass is 417 g/mol. The van der Waals surface area contributed by atoms with Crippen molar-refractivity contribution in [2.45, 2.75) is 13.5 Å². The second-order valence-corrected chi connectivity index (χ2v) is 7.22. The molecule has 0 bridgehead atoms. The zero-order chi connectivity index (χ0) is 20.9. The Kier molecular flexibility index (Phi) is 5.87. The highest BCUT2D eigenvalue weighted by Gasteiger charge is 2.08. The normalized spacial score (nSPS) is 11.1. The van der Waals surface area contributed by atoms with E-state index in [0.29, 0.717) is 27.9 Å². The van der Waals surface area contributed by atoms with Crippen molar-refractivity contribution >= 4 is 23.5 Å². The van der Waals surface area contributed by atoms with Crippen molar-refractivity contribution in [2.75, 3.05) is 0 Å². The van der Waals surface area contributed by atoms with Crippen molar-refractivity contribution in [1.29, 1.82) is 0 Å². The molecule has 0 unspecified atom stereocenters. The number of nitrogens with zero attached hydrogens (tertiary/aromatic N) is 1. The first kappa shape index (κ1) is 19.8. The Bertz CT molecular complexity index is 1150. The molecule has 0 aliphatic carbocycles. The third-order valence-electron chi connectivity index (χ3n) is 4.66. The van der Waals surface area contributed by atoms with Crippen molar-refractivity contribution in [2.24, 2.45) is 0 Å². The molecule has 2 aromatic heterocycles. The largest absolute Gasteiger partial charge is 0.484 e. The van der Waals surface area contributed by atoms with Gasteiger partial charge in [0.05, 0.1) is 5.02 Å². The number of benzene rings is 2. The summed E-state index contributed by atoms with van der Waals surface area (Å²) in [6.45, 7) is 2.20. The number of carbonyl (C=O) groups excluding carboxylic acids is 1. The third kappa shape index (κ3) is 4.56. The quantitative estimate of drug-likeness (QED) is 0.254. The highest BCUT2D eigenvalue weighted by Crippen LogP contribution is 2.28. The summed E-state index contributed by atoms with van der Waals surface area (Å²) < 4.78 is 13.5. The van der Waals surface area contributed by atoms with E-state index in [0.717, 1.165) is 11.3 Å². The van der Waals surface area contributed by atoms with E-state index in [1.165, 1.54) is 6.08 Å². The van der Waals surface area contributed by atoms with Crippen LogP contribution in [0.1, 0.15) is 27.4 Å². The number of halogens is 1. The first-order valence-corrected chi connectivity index (χ1v) is 9.90. The summed E-state index contributed by atoms with van der Waals surface area (Å²) in [5.41, 5.74) is 2.58. The number of ether oxygens (including phenoxy) is 1. The predicted octanol–water partition coefficient (Wildman–Crippen LogP) is 6.51. The van der Waals surface area contributed by atoms with Gasteiger partial charge < -0.3 is 13.7 Å². The molecule has 0 saturated carbocycles. The maximum Gasteiger partial charge on any atom is 0.185 e. The molecule has 0 amide bonds. The Balaban J connectivity index is 1.37. The Labute approximate surface area is 180 Å². The van der Waals surface area contributed by atoms with E-state index in [4.69, 9.17) is 20.8 Å². The highest BCUT2D eigenvalue weighted by molar-refractivity contribution is 6.32. The first-order chi connectivity index (χ1) is 14.6. The van der Waals surface area contributed by atoms with E-state index in [2.05, 4.69) is 0 Å². The van der Waals surface area contributed by atoms with Gasteiger partial charge in [0.25, 0.3) is 0 Å². The molecule has 0 N–H and O–H groups in total. The Hall–Kier alpha value is -3.50. The predicted molar refractivity (Wildman–Crippen MR) is 118 cm³/mol. The van der Waals surface area contributed by atoms with Crippen molar-refractivity contribution in [3.63, 3.8) is 0 Å². The van der Waals surface area contributed by atoms with Crippen LogP contribution in [0.25, 0.3) is 11.8 Å². The maximum atomic E-state index is 12.4. The van der Waals surface area contributed by atoms with Crippen LogP contribution < -0.4 is 4.74 Å². The number of aryl methyl sites for hydroxylation is 1. The van der Waals surface area contributed by atoms with Gasteiger partial charge >= 0.3 is 0 Å². The average molecular weight is 418 g/mol. The molecule has 0 atom stereocenters. The van der Waals surface area contributed by atoms with Gasteiger partial charge in [0.15, 0.2) is 5.78 Å². The SMILES string of the molecule is Cc1cccc(Cl)c1OCc1ccc(/C=C/C(=O)c2ccc(-n3cccc3)cc2)o1. The number of furan rings is 1. The number of rotatable bonds is 7. The van der Waals surface area contributed by atoms with Crippen LogP contribution in [0, 0.1) is 6.92 Å². The minimum absolute atomic E-state index is 0.0880. The summed E-state index contributed by atoms with van der Waals surface area (Å²) in [6.07, 6.45) is 7.09.